The maximum Gasteiger partial charge on any atom is 0.237 e. The average molecular weight is 326 g/mol. The number of nitrogens with one attached hydrogen (secondary N) is 1. The van der Waals surface area contributed by atoms with Crippen molar-refractivity contribution in [2.45, 2.75) is 31.3 Å². The molecular formula is C13H28ClN3O2S. The summed E-state index contributed by atoms with van der Waals surface area (Å²) < 4.78 is 5.11. The van der Waals surface area contributed by atoms with Gasteiger partial charge in [-0.05, 0) is 37.8 Å². The molecule has 0 spiro atoms. The van der Waals surface area contributed by atoms with Gasteiger partial charge >= 0.3 is 0 Å². The quantitative estimate of drug-likeness (QED) is 0.653. The summed E-state index contributed by atoms with van der Waals surface area (Å²) in [6.07, 6.45) is 5.11. The predicted octanol–water partition coefficient (Wildman–Crippen LogP) is 0.716. The van der Waals surface area contributed by atoms with Crippen LogP contribution in [0.2, 0.25) is 0 Å². The Balaban J connectivity index is 0.00000361. The van der Waals surface area contributed by atoms with E-state index in [1.54, 1.807) is 18.9 Å². The van der Waals surface area contributed by atoms with E-state index < -0.39 is 0 Å². The van der Waals surface area contributed by atoms with Gasteiger partial charge in [-0.2, -0.15) is 11.8 Å². The molecule has 0 saturated carbocycles. The van der Waals surface area contributed by atoms with Crippen LogP contribution in [0.5, 0.6) is 0 Å². The lowest BCUT2D eigenvalue weighted by Crippen LogP contribution is -2.46. The van der Waals surface area contributed by atoms with E-state index in [1.165, 1.54) is 6.42 Å². The summed E-state index contributed by atoms with van der Waals surface area (Å²) >= 11 is 1.72. The smallest absolute Gasteiger partial charge is 0.237 e. The minimum Gasteiger partial charge on any atom is -0.383 e. The topological polar surface area (TPSA) is 67.6 Å². The zero-order chi connectivity index (χ0) is 14.1. The summed E-state index contributed by atoms with van der Waals surface area (Å²) in [7, 11) is 1.72. The third-order valence-corrected chi connectivity index (χ3v) is 4.21. The Hall–Kier alpha value is -0.0100. The zero-order valence-corrected chi connectivity index (χ0v) is 14.1. The van der Waals surface area contributed by atoms with Crippen molar-refractivity contribution in [3.63, 3.8) is 0 Å². The number of nitrogens with two attached hydrogens (primary N) is 1. The Kier molecular flexibility index (Phi) is 11.6. The number of likely N-dealkylation sites (tertiary alicyclic amines) is 1. The number of amides is 1. The van der Waals surface area contributed by atoms with E-state index in [2.05, 4.69) is 10.2 Å². The second-order valence-electron chi connectivity index (χ2n) is 4.96. The highest BCUT2D eigenvalue weighted by molar-refractivity contribution is 7.98. The molecule has 1 rings (SSSR count). The molecule has 0 aromatic carbocycles. The number of hydrogen-bond acceptors (Lipinski definition) is 5. The Morgan fingerprint density at radius 3 is 3.00 bits per heavy atom. The fourth-order valence-electron chi connectivity index (χ4n) is 2.35. The first-order valence-corrected chi connectivity index (χ1v) is 8.33. The molecule has 0 aromatic heterocycles. The number of hydrogen-bond donors (Lipinski definition) is 2. The molecule has 1 aliphatic heterocycles. The van der Waals surface area contributed by atoms with E-state index in [-0.39, 0.29) is 24.4 Å². The van der Waals surface area contributed by atoms with Gasteiger partial charge in [-0.1, -0.05) is 0 Å². The van der Waals surface area contributed by atoms with Crippen molar-refractivity contribution in [1.29, 1.82) is 0 Å². The monoisotopic (exact) mass is 325 g/mol. The maximum absolute atomic E-state index is 11.8. The van der Waals surface area contributed by atoms with Gasteiger partial charge in [0.25, 0.3) is 0 Å². The largest absolute Gasteiger partial charge is 0.383 e. The van der Waals surface area contributed by atoms with Crippen LogP contribution in [0.4, 0.5) is 0 Å². The standard InChI is InChI=1S/C13H27N3O2S.ClH/c1-18-8-7-16-6-3-4-11(16)10-15-13(17)12(14)5-9-19-2;/h11-12H,3-10,14H2,1-2H3,(H,15,17);1H/t11?,12-;/m0./s1. The fourth-order valence-corrected chi connectivity index (χ4v) is 2.84. The second-order valence-corrected chi connectivity index (χ2v) is 5.94. The van der Waals surface area contributed by atoms with Crippen LogP contribution < -0.4 is 11.1 Å². The van der Waals surface area contributed by atoms with Gasteiger partial charge in [0.05, 0.1) is 12.6 Å². The molecule has 1 aliphatic rings. The Bertz CT molecular complexity index is 272. The van der Waals surface area contributed by atoms with Gasteiger partial charge < -0.3 is 15.8 Å². The third-order valence-electron chi connectivity index (χ3n) is 3.56. The molecule has 0 aromatic rings. The maximum atomic E-state index is 11.8. The van der Waals surface area contributed by atoms with Crippen molar-refractivity contribution >= 4 is 30.1 Å². The minimum absolute atomic E-state index is 0. The number of halogens is 1. The lowest BCUT2D eigenvalue weighted by atomic mass is 10.2. The highest BCUT2D eigenvalue weighted by Gasteiger charge is 2.25. The van der Waals surface area contributed by atoms with Crippen molar-refractivity contribution in [3.05, 3.63) is 0 Å². The van der Waals surface area contributed by atoms with Crippen molar-refractivity contribution in [3.8, 4) is 0 Å². The molecule has 1 heterocycles. The lowest BCUT2D eigenvalue weighted by Gasteiger charge is -2.24. The molecule has 0 radical (unpaired) electrons. The van der Waals surface area contributed by atoms with Gasteiger partial charge in [0, 0.05) is 26.2 Å². The molecule has 1 fully saturated rings. The first-order chi connectivity index (χ1) is 9.19. The molecule has 3 N–H and O–H groups in total. The molecule has 1 unspecified atom stereocenters. The van der Waals surface area contributed by atoms with Crippen LogP contribution in [0.25, 0.3) is 0 Å². The minimum atomic E-state index is -0.374. The summed E-state index contributed by atoms with van der Waals surface area (Å²) in [5.41, 5.74) is 5.84. The van der Waals surface area contributed by atoms with Crippen molar-refractivity contribution < 1.29 is 9.53 Å². The third kappa shape index (κ3) is 7.13. The number of carbonyl (C=O) groups is 1. The highest BCUT2D eigenvalue weighted by atomic mass is 35.5. The molecule has 5 nitrogen and oxygen atoms in total. The number of thioether (sulfide) groups is 1. The van der Waals surface area contributed by atoms with Gasteiger partial charge in [-0.15, -0.1) is 12.4 Å². The summed E-state index contributed by atoms with van der Waals surface area (Å²) in [4.78, 5) is 14.2. The molecule has 1 saturated heterocycles. The summed E-state index contributed by atoms with van der Waals surface area (Å²) in [6.45, 7) is 3.49. The van der Waals surface area contributed by atoms with E-state index in [9.17, 15) is 4.79 Å². The van der Waals surface area contributed by atoms with E-state index in [4.69, 9.17) is 10.5 Å². The number of ether oxygens (including phenoxy) is 1. The van der Waals surface area contributed by atoms with Crippen molar-refractivity contribution in [2.75, 3.05) is 45.4 Å². The van der Waals surface area contributed by atoms with Gasteiger partial charge in [-0.25, -0.2) is 0 Å². The highest BCUT2D eigenvalue weighted by Crippen LogP contribution is 2.15. The first kappa shape index (κ1) is 20.0. The van der Waals surface area contributed by atoms with Crippen LogP contribution in [0.1, 0.15) is 19.3 Å². The van der Waals surface area contributed by atoms with E-state index in [0.29, 0.717) is 12.6 Å². The normalized spacial score (nSPS) is 20.4. The van der Waals surface area contributed by atoms with Gasteiger partial charge in [0.1, 0.15) is 0 Å². The molecule has 0 bridgehead atoms. The number of carbonyl (C=O) groups excluding carboxylic acids is 1. The molecule has 7 heteroatoms. The van der Waals surface area contributed by atoms with E-state index >= 15 is 0 Å². The average Bonchev–Trinajstić information content (AvgIpc) is 2.87. The first-order valence-electron chi connectivity index (χ1n) is 6.94. The zero-order valence-electron chi connectivity index (χ0n) is 12.5. The van der Waals surface area contributed by atoms with Crippen molar-refractivity contribution in [1.82, 2.24) is 10.2 Å². The summed E-state index contributed by atoms with van der Waals surface area (Å²) in [5, 5.41) is 2.98. The Labute approximate surface area is 132 Å². The molecule has 0 aliphatic carbocycles. The number of methoxy groups -OCH3 is 1. The van der Waals surface area contributed by atoms with Gasteiger partial charge in [-0.3, -0.25) is 9.69 Å². The Morgan fingerprint density at radius 1 is 1.60 bits per heavy atom. The molecule has 1 amide bonds. The van der Waals surface area contributed by atoms with Crippen LogP contribution in [0.15, 0.2) is 0 Å². The van der Waals surface area contributed by atoms with E-state index in [0.717, 1.165) is 38.3 Å². The van der Waals surface area contributed by atoms with Crippen LogP contribution in [0.3, 0.4) is 0 Å². The second kappa shape index (κ2) is 11.6. The Morgan fingerprint density at radius 2 is 2.35 bits per heavy atom. The molecular weight excluding hydrogens is 298 g/mol. The van der Waals surface area contributed by atoms with Gasteiger partial charge in [0.15, 0.2) is 0 Å². The van der Waals surface area contributed by atoms with Crippen LogP contribution >= 0.6 is 24.2 Å². The fraction of sp³-hybridized carbons (Fsp3) is 0.923. The van der Waals surface area contributed by atoms with Gasteiger partial charge in [0.2, 0.25) is 5.91 Å². The van der Waals surface area contributed by atoms with Crippen LogP contribution in [0, 0.1) is 0 Å². The summed E-state index contributed by atoms with van der Waals surface area (Å²) in [5.74, 6) is 0.908. The molecule has 20 heavy (non-hydrogen) atoms. The van der Waals surface area contributed by atoms with Crippen LogP contribution in [-0.4, -0.2) is 68.3 Å². The van der Waals surface area contributed by atoms with E-state index in [1.807, 2.05) is 6.26 Å². The lowest BCUT2D eigenvalue weighted by molar-refractivity contribution is -0.122. The predicted molar refractivity (Wildman–Crippen MR) is 87.7 cm³/mol. The number of nitrogens with zero attached hydrogens (tertiary/aromatic N) is 1. The molecule has 120 valence electrons. The molecule has 2 atom stereocenters. The SMILES string of the molecule is COCCN1CCCC1CNC(=O)[C@@H](N)CCSC.Cl. The number of rotatable bonds is 9. The van der Waals surface area contributed by atoms with Crippen molar-refractivity contribution in [2.24, 2.45) is 5.73 Å². The summed E-state index contributed by atoms with van der Waals surface area (Å²) in [6, 6.07) is 0.0631. The van der Waals surface area contributed by atoms with Crippen LogP contribution in [-0.2, 0) is 9.53 Å².